The van der Waals surface area contributed by atoms with E-state index in [0.717, 1.165) is 17.6 Å². The summed E-state index contributed by atoms with van der Waals surface area (Å²) in [7, 11) is 0. The molecular formula is C21H21ClF3N5O. The predicted octanol–water partition coefficient (Wildman–Crippen LogP) is 5.15. The van der Waals surface area contributed by atoms with Gasteiger partial charge in [0, 0.05) is 17.8 Å². The Morgan fingerprint density at radius 1 is 1.19 bits per heavy atom. The Balaban J connectivity index is 1.68. The Labute approximate surface area is 182 Å². The second-order valence-corrected chi connectivity index (χ2v) is 8.27. The molecule has 0 unspecified atom stereocenters. The molecule has 1 aliphatic heterocycles. The first-order chi connectivity index (χ1) is 14.6. The third-order valence-corrected chi connectivity index (χ3v) is 5.67. The van der Waals surface area contributed by atoms with Crippen molar-refractivity contribution in [3.63, 3.8) is 0 Å². The summed E-state index contributed by atoms with van der Waals surface area (Å²) in [6.45, 7) is 5.86. The van der Waals surface area contributed by atoms with Crippen LogP contribution < -0.4 is 4.90 Å². The maximum atomic E-state index is 13.2. The Hall–Kier alpha value is -2.81. The van der Waals surface area contributed by atoms with Crippen molar-refractivity contribution in [2.45, 2.75) is 45.3 Å². The molecule has 0 saturated carbocycles. The fraction of sp³-hybridized carbons (Fsp3) is 0.381. The number of aryl methyl sites for hydroxylation is 1. The summed E-state index contributed by atoms with van der Waals surface area (Å²) in [6, 6.07) is 6.47. The zero-order valence-corrected chi connectivity index (χ0v) is 17.9. The average Bonchev–Trinajstić information content (AvgIpc) is 3.38. The monoisotopic (exact) mass is 451 g/mol. The first-order valence-corrected chi connectivity index (χ1v) is 10.2. The Bertz CT molecular complexity index is 1120. The number of anilines is 1. The highest BCUT2D eigenvalue weighted by atomic mass is 35.5. The van der Waals surface area contributed by atoms with Crippen LogP contribution in [0.5, 0.6) is 0 Å². The number of imidazole rings is 1. The number of halogens is 4. The summed E-state index contributed by atoms with van der Waals surface area (Å²) in [5.41, 5.74) is 1.32. The van der Waals surface area contributed by atoms with Crippen LogP contribution in [0.4, 0.5) is 18.9 Å². The first kappa shape index (κ1) is 21.4. The van der Waals surface area contributed by atoms with Gasteiger partial charge in [-0.15, -0.1) is 0 Å². The van der Waals surface area contributed by atoms with Crippen LogP contribution in [0.3, 0.4) is 0 Å². The molecule has 10 heteroatoms. The lowest BCUT2D eigenvalue weighted by Gasteiger charge is -2.20. The van der Waals surface area contributed by atoms with Gasteiger partial charge in [0.15, 0.2) is 5.69 Å². The van der Waals surface area contributed by atoms with Crippen molar-refractivity contribution in [3.8, 4) is 5.69 Å². The fourth-order valence-corrected chi connectivity index (χ4v) is 4.11. The van der Waals surface area contributed by atoms with Gasteiger partial charge in [-0.2, -0.15) is 18.3 Å². The molecule has 31 heavy (non-hydrogen) atoms. The zero-order chi connectivity index (χ0) is 22.5. The van der Waals surface area contributed by atoms with E-state index in [0.29, 0.717) is 23.7 Å². The second kappa shape index (κ2) is 7.71. The first-order valence-electron chi connectivity index (χ1n) is 9.86. The van der Waals surface area contributed by atoms with Crippen molar-refractivity contribution >= 4 is 23.2 Å². The summed E-state index contributed by atoms with van der Waals surface area (Å²) < 4.78 is 42.2. The quantitative estimate of drug-likeness (QED) is 0.551. The topological polar surface area (TPSA) is 56.0 Å². The van der Waals surface area contributed by atoms with E-state index in [1.165, 1.54) is 11.5 Å². The predicted molar refractivity (Wildman–Crippen MR) is 111 cm³/mol. The number of amides is 1. The molecule has 6 nitrogen and oxygen atoms in total. The molecular weight excluding hydrogens is 431 g/mol. The van der Waals surface area contributed by atoms with Crippen molar-refractivity contribution < 1.29 is 18.0 Å². The van der Waals surface area contributed by atoms with Crippen molar-refractivity contribution in [1.29, 1.82) is 0 Å². The van der Waals surface area contributed by atoms with E-state index in [1.807, 2.05) is 26.0 Å². The number of alkyl halides is 3. The molecule has 0 aliphatic carbocycles. The molecule has 2 aromatic heterocycles. The molecule has 1 amide bonds. The van der Waals surface area contributed by atoms with Crippen LogP contribution in [0.15, 0.2) is 36.7 Å². The highest BCUT2D eigenvalue weighted by molar-refractivity contribution is 6.30. The number of aromatic nitrogens is 4. The molecule has 0 radical (unpaired) electrons. The number of carbonyl (C=O) groups is 1. The van der Waals surface area contributed by atoms with Crippen LogP contribution in [0.1, 0.15) is 49.4 Å². The molecule has 1 saturated heterocycles. The molecule has 1 atom stereocenters. The number of nitrogens with zero attached hydrogens (tertiary/aromatic N) is 5. The smallest absolute Gasteiger partial charge is 0.322 e. The van der Waals surface area contributed by atoms with Crippen molar-refractivity contribution in [2.75, 3.05) is 11.4 Å². The lowest BCUT2D eigenvalue weighted by Crippen LogP contribution is -2.29. The molecule has 0 spiro atoms. The molecule has 164 valence electrons. The largest absolute Gasteiger partial charge is 0.434 e. The zero-order valence-electron chi connectivity index (χ0n) is 17.2. The van der Waals surface area contributed by atoms with Crippen LogP contribution in [0.25, 0.3) is 5.69 Å². The SMILES string of the molecule is Cc1nc(C(F)(F)F)cn1[C@H]1CCN(c2cnn(-c3ccc(Cl)cc3)c2C(C)C)C1=O. The number of carbonyl (C=O) groups excluding carboxylic acids is 1. The van der Waals surface area contributed by atoms with E-state index < -0.39 is 17.9 Å². The minimum Gasteiger partial charge on any atom is -0.322 e. The van der Waals surface area contributed by atoms with Crippen molar-refractivity contribution in [2.24, 2.45) is 0 Å². The molecule has 3 heterocycles. The lowest BCUT2D eigenvalue weighted by atomic mass is 10.1. The third kappa shape index (κ3) is 3.82. The Kier molecular flexibility index (Phi) is 5.33. The van der Waals surface area contributed by atoms with E-state index >= 15 is 0 Å². The van der Waals surface area contributed by atoms with Crippen molar-refractivity contribution in [1.82, 2.24) is 19.3 Å². The number of benzene rings is 1. The molecule has 0 bridgehead atoms. The minimum absolute atomic E-state index is 0.0480. The van der Waals surface area contributed by atoms with Crippen LogP contribution in [-0.2, 0) is 11.0 Å². The van der Waals surface area contributed by atoms with E-state index in [2.05, 4.69) is 10.1 Å². The molecule has 1 fully saturated rings. The van der Waals surface area contributed by atoms with Gasteiger partial charge < -0.3 is 9.47 Å². The van der Waals surface area contributed by atoms with Gasteiger partial charge in [-0.25, -0.2) is 9.67 Å². The Morgan fingerprint density at radius 3 is 2.45 bits per heavy atom. The van der Waals surface area contributed by atoms with Gasteiger partial charge in [-0.05, 0) is 43.5 Å². The lowest BCUT2D eigenvalue weighted by molar-refractivity contribution is -0.141. The standard InChI is InChI=1S/C21H21ClF3N5O/c1-12(2)19-17(10-26-30(19)15-6-4-14(22)5-7-15)28-9-8-16(20(28)31)29-11-18(21(23,24)25)27-13(29)3/h4-7,10-12,16H,8-9H2,1-3H3/t16-/m0/s1. The third-order valence-electron chi connectivity index (χ3n) is 5.42. The fourth-order valence-electron chi connectivity index (χ4n) is 3.99. The Morgan fingerprint density at radius 2 is 1.87 bits per heavy atom. The second-order valence-electron chi connectivity index (χ2n) is 7.83. The van der Waals surface area contributed by atoms with Crippen LogP contribution in [0, 0.1) is 6.92 Å². The van der Waals surface area contributed by atoms with Crippen LogP contribution >= 0.6 is 11.6 Å². The molecule has 3 aromatic rings. The van der Waals surface area contributed by atoms with Crippen LogP contribution in [-0.4, -0.2) is 31.8 Å². The van der Waals surface area contributed by atoms with Gasteiger partial charge >= 0.3 is 6.18 Å². The molecule has 0 N–H and O–H groups in total. The van der Waals surface area contributed by atoms with Gasteiger partial charge in [0.05, 0.1) is 23.3 Å². The normalized spacial score (nSPS) is 17.2. The van der Waals surface area contributed by atoms with E-state index in [4.69, 9.17) is 11.6 Å². The summed E-state index contributed by atoms with van der Waals surface area (Å²) in [5, 5.41) is 5.09. The minimum atomic E-state index is -4.55. The molecule has 4 rings (SSSR count). The maximum Gasteiger partial charge on any atom is 0.434 e. The van der Waals surface area contributed by atoms with Gasteiger partial charge in [0.2, 0.25) is 5.91 Å². The van der Waals surface area contributed by atoms with E-state index in [-0.39, 0.29) is 17.6 Å². The molecule has 1 aliphatic rings. The maximum absolute atomic E-state index is 13.2. The number of rotatable bonds is 4. The van der Waals surface area contributed by atoms with Gasteiger partial charge in [-0.3, -0.25) is 4.79 Å². The average molecular weight is 452 g/mol. The number of hydrogen-bond acceptors (Lipinski definition) is 3. The number of hydrogen-bond donors (Lipinski definition) is 0. The highest BCUT2D eigenvalue weighted by Gasteiger charge is 2.40. The summed E-state index contributed by atoms with van der Waals surface area (Å²) in [6.07, 6.45) is -1.62. The van der Waals surface area contributed by atoms with Crippen molar-refractivity contribution in [3.05, 3.63) is 58.9 Å². The van der Waals surface area contributed by atoms with E-state index in [1.54, 1.807) is 27.9 Å². The highest BCUT2D eigenvalue weighted by Crippen LogP contribution is 2.37. The summed E-state index contributed by atoms with van der Waals surface area (Å²) >= 11 is 5.99. The van der Waals surface area contributed by atoms with Gasteiger partial charge in [0.25, 0.3) is 0 Å². The molecule has 1 aromatic carbocycles. The van der Waals surface area contributed by atoms with Gasteiger partial charge in [-0.1, -0.05) is 25.4 Å². The van der Waals surface area contributed by atoms with E-state index in [9.17, 15) is 18.0 Å². The summed E-state index contributed by atoms with van der Waals surface area (Å²) in [4.78, 5) is 18.4. The van der Waals surface area contributed by atoms with Crippen LogP contribution in [0.2, 0.25) is 5.02 Å². The summed E-state index contributed by atoms with van der Waals surface area (Å²) in [5.74, 6) is -0.0629. The van der Waals surface area contributed by atoms with Gasteiger partial charge in [0.1, 0.15) is 11.9 Å².